The zero-order valence-corrected chi connectivity index (χ0v) is 20.1. The van der Waals surface area contributed by atoms with Crippen LogP contribution in [-0.4, -0.2) is 34.4 Å². The normalized spacial score (nSPS) is 15.7. The number of amides is 1. The predicted octanol–water partition coefficient (Wildman–Crippen LogP) is 5.03. The SMILES string of the molecule is CCOC(=O)c1ccc(N2C(=O)C(O)=C(C(=O)c3sc(C)nc3C)C2c2cccc(C)c2)cc1. The van der Waals surface area contributed by atoms with E-state index in [2.05, 4.69) is 4.98 Å². The average Bonchev–Trinajstić information content (AvgIpc) is 3.29. The van der Waals surface area contributed by atoms with Gasteiger partial charge in [-0.05, 0) is 57.5 Å². The highest BCUT2D eigenvalue weighted by Gasteiger charge is 2.45. The van der Waals surface area contributed by atoms with Crippen LogP contribution >= 0.6 is 11.3 Å². The van der Waals surface area contributed by atoms with E-state index in [0.29, 0.717) is 27.4 Å². The Bertz CT molecular complexity index is 1320. The number of ether oxygens (including phenoxy) is 1. The van der Waals surface area contributed by atoms with Crippen LogP contribution < -0.4 is 4.90 Å². The van der Waals surface area contributed by atoms with Crippen molar-refractivity contribution in [1.82, 2.24) is 4.98 Å². The van der Waals surface area contributed by atoms with Gasteiger partial charge in [0, 0.05) is 5.69 Å². The standard InChI is InChI=1S/C26H24N2O5S/c1-5-33-26(32)17-9-11-19(12-10-17)28-21(18-8-6-7-14(2)13-18)20(23(30)25(28)31)22(29)24-15(3)27-16(4)34-24/h6-13,21,30H,5H2,1-4H3. The Morgan fingerprint density at radius 3 is 2.41 bits per heavy atom. The van der Waals surface area contributed by atoms with Crippen molar-refractivity contribution in [1.29, 1.82) is 0 Å². The fraction of sp³-hybridized carbons (Fsp3) is 0.231. The second kappa shape index (κ2) is 9.23. The molecule has 0 fully saturated rings. The Balaban J connectivity index is 1.83. The second-order valence-electron chi connectivity index (χ2n) is 8.00. The summed E-state index contributed by atoms with van der Waals surface area (Å²) in [6.45, 7) is 7.43. The lowest BCUT2D eigenvalue weighted by molar-refractivity contribution is -0.117. The predicted molar refractivity (Wildman–Crippen MR) is 129 cm³/mol. The third-order valence-electron chi connectivity index (χ3n) is 5.58. The molecule has 1 aliphatic rings. The van der Waals surface area contributed by atoms with Gasteiger partial charge < -0.3 is 9.84 Å². The molecule has 0 spiro atoms. The number of hydrogen-bond donors (Lipinski definition) is 1. The maximum Gasteiger partial charge on any atom is 0.338 e. The van der Waals surface area contributed by atoms with Crippen molar-refractivity contribution in [3.05, 3.63) is 92.1 Å². The molecule has 34 heavy (non-hydrogen) atoms. The van der Waals surface area contributed by atoms with E-state index in [0.717, 1.165) is 10.6 Å². The maximum absolute atomic E-state index is 13.6. The number of benzene rings is 2. The first-order valence-electron chi connectivity index (χ1n) is 10.8. The van der Waals surface area contributed by atoms with Gasteiger partial charge in [0.25, 0.3) is 5.91 Å². The molecule has 0 bridgehead atoms. The maximum atomic E-state index is 13.6. The molecule has 0 radical (unpaired) electrons. The van der Waals surface area contributed by atoms with Gasteiger partial charge in [0.15, 0.2) is 5.76 Å². The third-order valence-corrected chi connectivity index (χ3v) is 6.65. The Labute approximate surface area is 201 Å². The summed E-state index contributed by atoms with van der Waals surface area (Å²) >= 11 is 1.23. The molecule has 0 saturated heterocycles. The zero-order valence-electron chi connectivity index (χ0n) is 19.3. The van der Waals surface area contributed by atoms with Gasteiger partial charge in [0.2, 0.25) is 5.78 Å². The van der Waals surface area contributed by atoms with Crippen molar-refractivity contribution in [3.63, 3.8) is 0 Å². The summed E-state index contributed by atoms with van der Waals surface area (Å²) in [4.78, 5) is 45.1. The molecule has 174 valence electrons. The lowest BCUT2D eigenvalue weighted by atomic mass is 9.94. The van der Waals surface area contributed by atoms with E-state index < -0.39 is 29.5 Å². The summed E-state index contributed by atoms with van der Waals surface area (Å²) in [7, 11) is 0. The van der Waals surface area contributed by atoms with E-state index in [9.17, 15) is 19.5 Å². The minimum absolute atomic E-state index is 0.0109. The van der Waals surface area contributed by atoms with Crippen LogP contribution in [0.3, 0.4) is 0 Å². The first kappa shape index (κ1) is 23.4. The molecule has 0 aliphatic carbocycles. The van der Waals surface area contributed by atoms with E-state index in [-0.39, 0.29) is 12.2 Å². The van der Waals surface area contributed by atoms with Gasteiger partial charge in [-0.3, -0.25) is 14.5 Å². The number of carbonyl (C=O) groups is 3. The lowest BCUT2D eigenvalue weighted by Gasteiger charge is -2.27. The molecule has 4 rings (SSSR count). The van der Waals surface area contributed by atoms with Gasteiger partial charge in [-0.25, -0.2) is 9.78 Å². The number of esters is 1. The van der Waals surface area contributed by atoms with Crippen LogP contribution in [0.4, 0.5) is 5.69 Å². The highest BCUT2D eigenvalue weighted by atomic mass is 32.1. The number of thiazole rings is 1. The number of rotatable bonds is 6. The molecular formula is C26H24N2O5S. The number of aliphatic hydroxyl groups excluding tert-OH is 1. The summed E-state index contributed by atoms with van der Waals surface area (Å²) in [6, 6.07) is 13.0. The quantitative estimate of drug-likeness (QED) is 0.396. The largest absolute Gasteiger partial charge is 0.503 e. The molecule has 1 amide bonds. The number of anilines is 1. The van der Waals surface area contributed by atoms with Crippen LogP contribution in [0.2, 0.25) is 0 Å². The van der Waals surface area contributed by atoms with Crippen molar-refractivity contribution < 1.29 is 24.2 Å². The number of hydrogen-bond acceptors (Lipinski definition) is 7. The van der Waals surface area contributed by atoms with E-state index in [1.165, 1.54) is 16.2 Å². The molecule has 2 heterocycles. The van der Waals surface area contributed by atoms with Crippen molar-refractivity contribution in [2.24, 2.45) is 0 Å². The van der Waals surface area contributed by atoms with E-state index in [4.69, 9.17) is 4.74 Å². The minimum Gasteiger partial charge on any atom is -0.503 e. The third kappa shape index (κ3) is 4.12. The summed E-state index contributed by atoms with van der Waals surface area (Å²) in [5.74, 6) is -2.16. The average molecular weight is 477 g/mol. The van der Waals surface area contributed by atoms with E-state index >= 15 is 0 Å². The molecule has 1 aliphatic heterocycles. The molecule has 1 atom stereocenters. The zero-order chi connectivity index (χ0) is 24.6. The molecule has 1 unspecified atom stereocenters. The van der Waals surface area contributed by atoms with Gasteiger partial charge in [-0.1, -0.05) is 29.8 Å². The summed E-state index contributed by atoms with van der Waals surface area (Å²) < 4.78 is 5.03. The Morgan fingerprint density at radius 1 is 1.12 bits per heavy atom. The summed E-state index contributed by atoms with van der Waals surface area (Å²) in [5.41, 5.74) is 2.99. The minimum atomic E-state index is -0.838. The fourth-order valence-corrected chi connectivity index (χ4v) is 4.97. The van der Waals surface area contributed by atoms with Crippen molar-refractivity contribution in [3.8, 4) is 0 Å². The van der Waals surface area contributed by atoms with Crippen LogP contribution in [-0.2, 0) is 9.53 Å². The lowest BCUT2D eigenvalue weighted by Crippen LogP contribution is -2.31. The van der Waals surface area contributed by atoms with Crippen molar-refractivity contribution in [2.75, 3.05) is 11.5 Å². The van der Waals surface area contributed by atoms with E-state index in [1.807, 2.05) is 31.2 Å². The number of ketones is 1. The Morgan fingerprint density at radius 2 is 1.82 bits per heavy atom. The fourth-order valence-electron chi connectivity index (χ4n) is 4.10. The van der Waals surface area contributed by atoms with Crippen molar-refractivity contribution in [2.45, 2.75) is 33.7 Å². The molecule has 8 heteroatoms. The molecule has 1 aromatic heterocycles. The van der Waals surface area contributed by atoms with Crippen LogP contribution in [0.5, 0.6) is 0 Å². The topological polar surface area (TPSA) is 96.8 Å². The number of aromatic nitrogens is 1. The van der Waals surface area contributed by atoms with Gasteiger partial charge in [0.1, 0.15) is 0 Å². The number of carbonyl (C=O) groups excluding carboxylic acids is 3. The van der Waals surface area contributed by atoms with Gasteiger partial charge >= 0.3 is 5.97 Å². The van der Waals surface area contributed by atoms with Crippen LogP contribution in [0, 0.1) is 20.8 Å². The number of aryl methyl sites for hydroxylation is 3. The van der Waals surface area contributed by atoms with Gasteiger partial charge in [0.05, 0.1) is 39.4 Å². The number of nitrogens with zero attached hydrogens (tertiary/aromatic N) is 2. The molecule has 1 N–H and O–H groups in total. The molecule has 2 aromatic carbocycles. The number of aliphatic hydroxyl groups is 1. The smallest absolute Gasteiger partial charge is 0.338 e. The monoisotopic (exact) mass is 476 g/mol. The second-order valence-corrected chi connectivity index (χ2v) is 9.20. The van der Waals surface area contributed by atoms with Crippen molar-refractivity contribution >= 4 is 34.7 Å². The first-order valence-corrected chi connectivity index (χ1v) is 11.6. The van der Waals surface area contributed by atoms with Crippen LogP contribution in [0.1, 0.15) is 54.8 Å². The van der Waals surface area contributed by atoms with Gasteiger partial charge in [-0.15, -0.1) is 11.3 Å². The molecule has 3 aromatic rings. The Kier molecular flexibility index (Phi) is 6.34. The van der Waals surface area contributed by atoms with Gasteiger partial charge in [-0.2, -0.15) is 0 Å². The highest BCUT2D eigenvalue weighted by Crippen LogP contribution is 2.43. The van der Waals surface area contributed by atoms with Crippen LogP contribution in [0.25, 0.3) is 0 Å². The summed E-state index contributed by atoms with van der Waals surface area (Å²) in [5, 5.41) is 11.6. The molecule has 7 nitrogen and oxygen atoms in total. The number of Topliss-reactive ketones (excluding diaryl/α,β-unsaturated/α-hetero) is 1. The highest BCUT2D eigenvalue weighted by molar-refractivity contribution is 7.14. The first-order chi connectivity index (χ1) is 16.2. The van der Waals surface area contributed by atoms with Crippen LogP contribution in [0.15, 0.2) is 59.9 Å². The summed E-state index contributed by atoms with van der Waals surface area (Å²) in [6.07, 6.45) is 0. The van der Waals surface area contributed by atoms with E-state index in [1.54, 1.807) is 45.0 Å². The molecule has 0 saturated carbocycles. The Hall–Kier alpha value is -3.78. The molecular weight excluding hydrogens is 452 g/mol.